The summed E-state index contributed by atoms with van der Waals surface area (Å²) >= 11 is 0. The molecule has 294 valence electrons. The molecular weight excluding hydrogens is 751 g/mol. The van der Waals surface area contributed by atoms with Crippen molar-refractivity contribution in [3.05, 3.63) is 236 Å². The van der Waals surface area contributed by atoms with Gasteiger partial charge in [-0.25, -0.2) is 15.0 Å². The van der Waals surface area contributed by atoms with Crippen LogP contribution in [0.2, 0.25) is 0 Å². The number of rotatable bonds is 9. The highest BCUT2D eigenvalue weighted by molar-refractivity contribution is 5.81. The van der Waals surface area contributed by atoms with Gasteiger partial charge in [-0.15, -0.1) is 0 Å². The largest absolute Gasteiger partial charge is 0.208 e. The lowest BCUT2D eigenvalue weighted by atomic mass is 9.95. The highest BCUT2D eigenvalue weighted by Gasteiger charge is 2.16. The highest BCUT2D eigenvalue weighted by atomic mass is 15.0. The summed E-state index contributed by atoms with van der Waals surface area (Å²) in [7, 11) is 0. The third-order valence-corrected chi connectivity index (χ3v) is 11.5. The van der Waals surface area contributed by atoms with E-state index >= 15 is 0 Å². The summed E-state index contributed by atoms with van der Waals surface area (Å²) in [5, 5.41) is 0. The van der Waals surface area contributed by atoms with Crippen LogP contribution in [-0.4, -0.2) is 15.0 Å². The Balaban J connectivity index is 1.06. The summed E-state index contributed by atoms with van der Waals surface area (Å²) in [5.74, 6) is 1.85. The molecule has 1 aromatic heterocycles. The summed E-state index contributed by atoms with van der Waals surface area (Å²) in [6, 6.07) is 79.6. The van der Waals surface area contributed by atoms with Gasteiger partial charge in [-0.1, -0.05) is 205 Å². The SMILES string of the molecule is Cc1ccc(-c2cccc(-c3ccc(-c4nc(-c5ccc(-c6cccc(-c7ccc(C)cc7)c6)cc5)nc(-c5cc(-c6ccccc6)cc(-c6ccccc6)c5)n4)cc3)c2)cc1. The normalized spacial score (nSPS) is 11.1. The van der Waals surface area contributed by atoms with E-state index < -0.39 is 0 Å². The van der Waals surface area contributed by atoms with Crippen LogP contribution < -0.4 is 0 Å². The molecule has 10 aromatic rings. The van der Waals surface area contributed by atoms with E-state index in [1.165, 1.54) is 33.4 Å². The van der Waals surface area contributed by atoms with Crippen LogP contribution in [0.3, 0.4) is 0 Å². The predicted octanol–water partition coefficient (Wildman–Crippen LogP) is 15.5. The van der Waals surface area contributed by atoms with Crippen LogP contribution >= 0.6 is 0 Å². The van der Waals surface area contributed by atoms with Crippen molar-refractivity contribution >= 4 is 0 Å². The molecule has 10 rings (SSSR count). The third-order valence-electron chi connectivity index (χ3n) is 11.5. The highest BCUT2D eigenvalue weighted by Crippen LogP contribution is 2.35. The van der Waals surface area contributed by atoms with Crippen LogP contribution in [-0.2, 0) is 0 Å². The van der Waals surface area contributed by atoms with Gasteiger partial charge in [-0.3, -0.25) is 0 Å². The van der Waals surface area contributed by atoms with E-state index in [2.05, 4.69) is 226 Å². The Morgan fingerprint density at radius 3 is 0.790 bits per heavy atom. The van der Waals surface area contributed by atoms with Crippen LogP contribution in [0.5, 0.6) is 0 Å². The van der Waals surface area contributed by atoms with Crippen LogP contribution in [0.4, 0.5) is 0 Å². The first-order chi connectivity index (χ1) is 30.5. The molecule has 0 aliphatic heterocycles. The van der Waals surface area contributed by atoms with Crippen molar-refractivity contribution in [2.45, 2.75) is 13.8 Å². The molecule has 3 nitrogen and oxygen atoms in total. The van der Waals surface area contributed by atoms with Crippen molar-refractivity contribution in [2.75, 3.05) is 0 Å². The number of aromatic nitrogens is 3. The molecule has 0 radical (unpaired) electrons. The maximum absolute atomic E-state index is 5.22. The van der Waals surface area contributed by atoms with Gasteiger partial charge in [-0.05, 0) is 111 Å². The van der Waals surface area contributed by atoms with Crippen LogP contribution in [0.15, 0.2) is 224 Å². The summed E-state index contributed by atoms with van der Waals surface area (Å²) in [6.07, 6.45) is 0. The van der Waals surface area contributed by atoms with Gasteiger partial charge in [0.25, 0.3) is 0 Å². The van der Waals surface area contributed by atoms with E-state index in [-0.39, 0.29) is 0 Å². The van der Waals surface area contributed by atoms with Crippen molar-refractivity contribution < 1.29 is 0 Å². The molecular formula is C59H43N3. The number of hydrogen-bond acceptors (Lipinski definition) is 3. The standard InChI is InChI=1S/C59H43N3/c1-40-19-23-44(24-20-40)50-15-9-17-52(35-50)46-27-31-48(32-28-46)57-60-58(49-33-29-47(30-34-49)53-18-10-16-51(36-53)45-25-21-41(2)22-26-45)62-59(61-57)56-38-54(42-11-5-3-6-12-42)37-55(39-56)43-13-7-4-8-14-43/h3-39H,1-2H3. The zero-order chi connectivity index (χ0) is 41.8. The van der Waals surface area contributed by atoms with E-state index in [1.54, 1.807) is 0 Å². The quantitative estimate of drug-likeness (QED) is 0.146. The number of hydrogen-bond donors (Lipinski definition) is 0. The van der Waals surface area contributed by atoms with E-state index in [0.717, 1.165) is 61.2 Å². The summed E-state index contributed by atoms with van der Waals surface area (Å²) < 4.78 is 0. The lowest BCUT2D eigenvalue weighted by molar-refractivity contribution is 1.07. The average Bonchev–Trinajstić information content (AvgIpc) is 3.35. The fourth-order valence-electron chi connectivity index (χ4n) is 7.99. The van der Waals surface area contributed by atoms with Gasteiger partial charge in [0.1, 0.15) is 0 Å². The molecule has 0 unspecified atom stereocenters. The minimum atomic E-state index is 0.615. The van der Waals surface area contributed by atoms with Gasteiger partial charge < -0.3 is 0 Å². The average molecular weight is 794 g/mol. The smallest absolute Gasteiger partial charge is 0.164 e. The second-order valence-electron chi connectivity index (χ2n) is 15.9. The number of nitrogens with zero attached hydrogens (tertiary/aromatic N) is 3. The van der Waals surface area contributed by atoms with Crippen LogP contribution in [0, 0.1) is 13.8 Å². The van der Waals surface area contributed by atoms with Gasteiger partial charge in [0.15, 0.2) is 17.5 Å². The van der Waals surface area contributed by atoms with Gasteiger partial charge in [0, 0.05) is 16.7 Å². The molecule has 62 heavy (non-hydrogen) atoms. The fourth-order valence-corrected chi connectivity index (χ4v) is 7.99. The van der Waals surface area contributed by atoms with Gasteiger partial charge >= 0.3 is 0 Å². The summed E-state index contributed by atoms with van der Waals surface area (Å²) in [6.45, 7) is 4.24. The zero-order valence-electron chi connectivity index (χ0n) is 34.7. The Kier molecular flexibility index (Phi) is 10.4. The van der Waals surface area contributed by atoms with E-state index in [1.807, 2.05) is 12.1 Å². The Labute approximate surface area is 363 Å². The molecule has 0 saturated heterocycles. The van der Waals surface area contributed by atoms with E-state index in [9.17, 15) is 0 Å². The van der Waals surface area contributed by atoms with Gasteiger partial charge in [0.05, 0.1) is 0 Å². The first kappa shape index (κ1) is 38.2. The topological polar surface area (TPSA) is 38.7 Å². The van der Waals surface area contributed by atoms with E-state index in [0.29, 0.717) is 17.5 Å². The molecule has 3 heteroatoms. The fraction of sp³-hybridized carbons (Fsp3) is 0.0339. The van der Waals surface area contributed by atoms with Crippen molar-refractivity contribution in [3.63, 3.8) is 0 Å². The minimum Gasteiger partial charge on any atom is -0.208 e. The predicted molar refractivity (Wildman–Crippen MR) is 258 cm³/mol. The van der Waals surface area contributed by atoms with E-state index in [4.69, 9.17) is 15.0 Å². The first-order valence-electron chi connectivity index (χ1n) is 21.1. The first-order valence-corrected chi connectivity index (χ1v) is 21.1. The van der Waals surface area contributed by atoms with Gasteiger partial charge in [-0.2, -0.15) is 0 Å². The monoisotopic (exact) mass is 793 g/mol. The molecule has 0 spiro atoms. The molecule has 0 aliphatic carbocycles. The molecule has 0 aliphatic rings. The van der Waals surface area contributed by atoms with Crippen LogP contribution in [0.1, 0.15) is 11.1 Å². The Bertz CT molecular complexity index is 2930. The molecule has 0 saturated carbocycles. The summed E-state index contributed by atoms with van der Waals surface area (Å²) in [4.78, 5) is 15.6. The number of aryl methyl sites for hydroxylation is 2. The molecule has 0 amide bonds. The molecule has 0 bridgehead atoms. The molecule has 9 aromatic carbocycles. The Hall–Kier alpha value is -8.01. The lowest BCUT2D eigenvalue weighted by Gasteiger charge is -2.13. The Morgan fingerprint density at radius 1 is 0.194 bits per heavy atom. The van der Waals surface area contributed by atoms with Crippen molar-refractivity contribution in [1.29, 1.82) is 0 Å². The number of benzene rings is 9. The molecule has 0 atom stereocenters. The van der Waals surface area contributed by atoms with Gasteiger partial charge in [0.2, 0.25) is 0 Å². The third kappa shape index (κ3) is 8.25. The zero-order valence-corrected chi connectivity index (χ0v) is 34.7. The maximum Gasteiger partial charge on any atom is 0.164 e. The molecule has 1 heterocycles. The molecule has 0 fully saturated rings. The maximum atomic E-state index is 5.22. The second kappa shape index (κ2) is 16.9. The summed E-state index contributed by atoms with van der Waals surface area (Å²) in [5.41, 5.74) is 19.1. The van der Waals surface area contributed by atoms with Crippen molar-refractivity contribution in [3.8, 4) is 101 Å². The Morgan fingerprint density at radius 2 is 0.435 bits per heavy atom. The second-order valence-corrected chi connectivity index (χ2v) is 15.9. The van der Waals surface area contributed by atoms with Crippen molar-refractivity contribution in [2.24, 2.45) is 0 Å². The lowest BCUT2D eigenvalue weighted by Crippen LogP contribution is -2.00. The van der Waals surface area contributed by atoms with Crippen molar-refractivity contribution in [1.82, 2.24) is 15.0 Å². The van der Waals surface area contributed by atoms with Crippen LogP contribution in [0.25, 0.3) is 101 Å². The molecule has 0 N–H and O–H groups in total. The minimum absolute atomic E-state index is 0.615.